The zero-order valence-electron chi connectivity index (χ0n) is 8.13. The van der Waals surface area contributed by atoms with Gasteiger partial charge in [0.1, 0.15) is 17.1 Å². The van der Waals surface area contributed by atoms with Gasteiger partial charge in [-0.15, -0.1) is 0 Å². The molecule has 0 fully saturated rings. The first kappa shape index (κ1) is 11.8. The number of hydrogen-bond donors (Lipinski definition) is 1. The highest BCUT2D eigenvalue weighted by Gasteiger charge is 2.12. The van der Waals surface area contributed by atoms with Crippen LogP contribution in [-0.2, 0) is 0 Å². The number of azide groups is 1. The van der Waals surface area contributed by atoms with Crippen molar-refractivity contribution in [1.29, 1.82) is 0 Å². The average Bonchev–Trinajstić information content (AvgIpc) is 2.26. The second kappa shape index (κ2) is 5.57. The van der Waals surface area contributed by atoms with Crippen LogP contribution in [0.2, 0.25) is 0 Å². The lowest BCUT2D eigenvalue weighted by atomic mass is 10.2. The Hall–Kier alpha value is -2.27. The molecule has 0 saturated carbocycles. The van der Waals surface area contributed by atoms with Gasteiger partial charge in [0, 0.05) is 4.91 Å². The Morgan fingerprint density at radius 2 is 2.38 bits per heavy atom. The number of hydrogen-bond acceptors (Lipinski definition) is 3. The molecule has 16 heavy (non-hydrogen) atoms. The van der Waals surface area contributed by atoms with E-state index >= 15 is 0 Å². The van der Waals surface area contributed by atoms with E-state index in [9.17, 15) is 9.18 Å². The van der Waals surface area contributed by atoms with Crippen molar-refractivity contribution >= 4 is 5.97 Å². The predicted octanol–water partition coefficient (Wildman–Crippen LogP) is 2.21. The summed E-state index contributed by atoms with van der Waals surface area (Å²) in [7, 11) is 0. The first-order chi connectivity index (χ1) is 7.65. The third-order valence-electron chi connectivity index (χ3n) is 1.68. The minimum Gasteiger partial charge on any atom is -0.493 e. The zero-order chi connectivity index (χ0) is 12.0. The SMILES string of the molecule is [N-]=[N+]=NCCOc1ccc(F)cc1C(=O)O. The van der Waals surface area contributed by atoms with Gasteiger partial charge in [0.15, 0.2) is 0 Å². The third-order valence-corrected chi connectivity index (χ3v) is 1.68. The lowest BCUT2D eigenvalue weighted by Crippen LogP contribution is -2.06. The van der Waals surface area contributed by atoms with E-state index in [0.29, 0.717) is 0 Å². The summed E-state index contributed by atoms with van der Waals surface area (Å²) in [6.07, 6.45) is 0. The molecule has 0 saturated heterocycles. The number of ether oxygens (including phenoxy) is 1. The van der Waals surface area contributed by atoms with Gasteiger partial charge in [0.2, 0.25) is 0 Å². The molecule has 0 bridgehead atoms. The molecule has 1 aromatic carbocycles. The van der Waals surface area contributed by atoms with Gasteiger partial charge >= 0.3 is 5.97 Å². The van der Waals surface area contributed by atoms with Crippen molar-refractivity contribution in [2.45, 2.75) is 0 Å². The van der Waals surface area contributed by atoms with E-state index < -0.39 is 11.8 Å². The maximum absolute atomic E-state index is 12.8. The van der Waals surface area contributed by atoms with Crippen LogP contribution in [0, 0.1) is 5.82 Å². The molecule has 7 heteroatoms. The van der Waals surface area contributed by atoms with Crippen molar-refractivity contribution in [3.8, 4) is 5.75 Å². The molecule has 84 valence electrons. The summed E-state index contributed by atoms with van der Waals surface area (Å²) >= 11 is 0. The minimum atomic E-state index is -1.28. The number of carboxylic acid groups (broad SMARTS) is 1. The van der Waals surface area contributed by atoms with Gasteiger partial charge in [-0.2, -0.15) is 0 Å². The maximum atomic E-state index is 12.8. The fourth-order valence-corrected chi connectivity index (χ4v) is 1.04. The van der Waals surface area contributed by atoms with Crippen molar-refractivity contribution < 1.29 is 19.0 Å². The first-order valence-corrected chi connectivity index (χ1v) is 4.31. The van der Waals surface area contributed by atoms with E-state index in [2.05, 4.69) is 10.0 Å². The quantitative estimate of drug-likeness (QED) is 0.360. The molecule has 6 nitrogen and oxygen atoms in total. The average molecular weight is 225 g/mol. The van der Waals surface area contributed by atoms with E-state index in [1.165, 1.54) is 6.07 Å². The molecule has 0 aliphatic heterocycles. The predicted molar refractivity (Wildman–Crippen MR) is 52.9 cm³/mol. The highest BCUT2D eigenvalue weighted by atomic mass is 19.1. The lowest BCUT2D eigenvalue weighted by molar-refractivity contribution is 0.0691. The van der Waals surface area contributed by atoms with Crippen LogP contribution in [0.25, 0.3) is 10.4 Å². The molecular formula is C9H8FN3O3. The molecule has 0 aromatic heterocycles. The number of rotatable bonds is 5. The van der Waals surface area contributed by atoms with Crippen LogP contribution in [0.15, 0.2) is 23.3 Å². The van der Waals surface area contributed by atoms with Crippen molar-refractivity contribution in [3.63, 3.8) is 0 Å². The van der Waals surface area contributed by atoms with Crippen molar-refractivity contribution in [3.05, 3.63) is 40.0 Å². The topological polar surface area (TPSA) is 95.3 Å². The molecule has 0 aliphatic rings. The maximum Gasteiger partial charge on any atom is 0.339 e. The summed E-state index contributed by atoms with van der Waals surface area (Å²) in [5.74, 6) is -1.89. The summed E-state index contributed by atoms with van der Waals surface area (Å²) in [5, 5.41) is 12.0. The Morgan fingerprint density at radius 3 is 3.00 bits per heavy atom. The minimum absolute atomic E-state index is 0.0377. The summed E-state index contributed by atoms with van der Waals surface area (Å²) in [6, 6.07) is 3.18. The normalized spacial score (nSPS) is 9.31. The first-order valence-electron chi connectivity index (χ1n) is 4.31. The van der Waals surface area contributed by atoms with E-state index in [4.69, 9.17) is 15.4 Å². The van der Waals surface area contributed by atoms with Crippen molar-refractivity contribution in [1.82, 2.24) is 0 Å². The zero-order valence-corrected chi connectivity index (χ0v) is 8.13. The number of carboxylic acids is 1. The van der Waals surface area contributed by atoms with Crippen molar-refractivity contribution in [2.24, 2.45) is 5.11 Å². The lowest BCUT2D eigenvalue weighted by Gasteiger charge is -2.07. The molecule has 0 atom stereocenters. The Kier molecular flexibility index (Phi) is 4.11. The second-order valence-electron chi connectivity index (χ2n) is 2.75. The highest BCUT2D eigenvalue weighted by Crippen LogP contribution is 2.19. The molecule has 0 amide bonds. The molecular weight excluding hydrogens is 217 g/mol. The van der Waals surface area contributed by atoms with Gasteiger partial charge in [-0.3, -0.25) is 0 Å². The molecule has 0 spiro atoms. The largest absolute Gasteiger partial charge is 0.493 e. The molecule has 1 aromatic rings. The number of halogens is 1. The van der Waals surface area contributed by atoms with Gasteiger partial charge in [0.05, 0.1) is 13.2 Å². The number of nitrogens with zero attached hydrogens (tertiary/aromatic N) is 3. The monoisotopic (exact) mass is 225 g/mol. The number of carbonyl (C=O) groups is 1. The molecule has 0 radical (unpaired) electrons. The summed E-state index contributed by atoms with van der Waals surface area (Å²) in [6.45, 7) is 0.114. The summed E-state index contributed by atoms with van der Waals surface area (Å²) in [4.78, 5) is 13.2. The standard InChI is InChI=1S/C9H8FN3O3/c10-6-1-2-8(7(5-6)9(14)15)16-4-3-12-13-11/h1-2,5H,3-4H2,(H,14,15). The molecule has 0 heterocycles. The number of aromatic carboxylic acids is 1. The van der Waals surface area contributed by atoms with Gasteiger partial charge in [-0.1, -0.05) is 5.11 Å². The molecule has 1 N–H and O–H groups in total. The van der Waals surface area contributed by atoms with E-state index in [-0.39, 0.29) is 24.5 Å². The van der Waals surface area contributed by atoms with E-state index in [1.807, 2.05) is 0 Å². The van der Waals surface area contributed by atoms with Crippen LogP contribution >= 0.6 is 0 Å². The van der Waals surface area contributed by atoms with Gasteiger partial charge < -0.3 is 9.84 Å². The van der Waals surface area contributed by atoms with Gasteiger partial charge in [-0.05, 0) is 23.7 Å². The Labute approximate surface area is 89.9 Å². The number of benzene rings is 1. The Balaban J connectivity index is 2.78. The van der Waals surface area contributed by atoms with Crippen molar-refractivity contribution in [2.75, 3.05) is 13.2 Å². The summed E-state index contributed by atoms with van der Waals surface area (Å²) < 4.78 is 17.8. The van der Waals surface area contributed by atoms with E-state index in [1.54, 1.807) is 0 Å². The van der Waals surface area contributed by atoms with Gasteiger partial charge in [-0.25, -0.2) is 9.18 Å². The van der Waals surface area contributed by atoms with Crippen LogP contribution in [-0.4, -0.2) is 24.2 Å². The molecule has 0 unspecified atom stereocenters. The Morgan fingerprint density at radius 1 is 1.62 bits per heavy atom. The molecule has 1 rings (SSSR count). The van der Waals surface area contributed by atoms with Crippen LogP contribution < -0.4 is 4.74 Å². The van der Waals surface area contributed by atoms with Crippen LogP contribution in [0.5, 0.6) is 5.75 Å². The Bertz CT molecular complexity index is 444. The van der Waals surface area contributed by atoms with Crippen LogP contribution in [0.4, 0.5) is 4.39 Å². The third kappa shape index (κ3) is 3.14. The smallest absolute Gasteiger partial charge is 0.339 e. The highest BCUT2D eigenvalue weighted by molar-refractivity contribution is 5.90. The van der Waals surface area contributed by atoms with Gasteiger partial charge in [0.25, 0.3) is 0 Å². The fourth-order valence-electron chi connectivity index (χ4n) is 1.04. The van der Waals surface area contributed by atoms with E-state index in [0.717, 1.165) is 12.1 Å². The summed E-state index contributed by atoms with van der Waals surface area (Å²) in [5.41, 5.74) is 7.74. The second-order valence-corrected chi connectivity index (χ2v) is 2.75. The fraction of sp³-hybridized carbons (Fsp3) is 0.222. The van der Waals surface area contributed by atoms with Crippen LogP contribution in [0.3, 0.4) is 0 Å². The van der Waals surface area contributed by atoms with Crippen LogP contribution in [0.1, 0.15) is 10.4 Å². The molecule has 0 aliphatic carbocycles.